The van der Waals surface area contributed by atoms with Crippen LogP contribution in [0.2, 0.25) is 0 Å². The smallest absolute Gasteiger partial charge is 0.270 e. The number of nitrogens with two attached hydrogens (primary N) is 1. The zero-order chi connectivity index (χ0) is 19.1. The molecule has 0 saturated heterocycles. The number of rotatable bonds is 8. The maximum atomic E-state index is 12.3. The molecule has 0 heterocycles. The summed E-state index contributed by atoms with van der Waals surface area (Å²) in [5.41, 5.74) is 5.94. The van der Waals surface area contributed by atoms with Crippen molar-refractivity contribution in [2.45, 2.75) is 39.3 Å². The maximum Gasteiger partial charge on any atom is 0.270 e. The standard InChI is InChI=1S/C17H26N4O4.ClH/c1-11(2)15(18)8-9-20(4)17(23)12(3)19-16(22)13-6-5-7-14(10-13)21(24)25;/h5-7,10-12,15H,8-9,18H2,1-4H3,(H,19,22);1H. The molecule has 0 aliphatic heterocycles. The summed E-state index contributed by atoms with van der Waals surface area (Å²) >= 11 is 0. The third-order valence-electron chi connectivity index (χ3n) is 4.07. The molecule has 0 bridgehead atoms. The van der Waals surface area contributed by atoms with E-state index in [0.29, 0.717) is 18.9 Å². The van der Waals surface area contributed by atoms with Crippen LogP contribution in [0.1, 0.15) is 37.6 Å². The first-order valence-electron chi connectivity index (χ1n) is 8.19. The molecular weight excluding hydrogens is 360 g/mol. The van der Waals surface area contributed by atoms with Crippen molar-refractivity contribution < 1.29 is 14.5 Å². The van der Waals surface area contributed by atoms with Crippen LogP contribution in [0.25, 0.3) is 0 Å². The second kappa shape index (κ2) is 10.7. The topological polar surface area (TPSA) is 119 Å². The van der Waals surface area contributed by atoms with Gasteiger partial charge >= 0.3 is 0 Å². The molecule has 1 aromatic carbocycles. The third kappa shape index (κ3) is 6.97. The number of hydrogen-bond donors (Lipinski definition) is 2. The van der Waals surface area contributed by atoms with Gasteiger partial charge in [0.1, 0.15) is 6.04 Å². The van der Waals surface area contributed by atoms with Gasteiger partial charge in [0.05, 0.1) is 4.92 Å². The normalized spacial score (nSPS) is 12.7. The molecule has 0 aromatic heterocycles. The number of non-ortho nitro benzene ring substituents is 1. The molecule has 0 fully saturated rings. The molecule has 3 N–H and O–H groups in total. The van der Waals surface area contributed by atoms with E-state index in [2.05, 4.69) is 5.32 Å². The first-order valence-corrected chi connectivity index (χ1v) is 8.19. The van der Waals surface area contributed by atoms with E-state index in [0.717, 1.165) is 0 Å². The Hall–Kier alpha value is -2.19. The Balaban J connectivity index is 0.00000625. The lowest BCUT2D eigenvalue weighted by atomic mass is 10.0. The minimum absolute atomic E-state index is 0. The fourth-order valence-electron chi connectivity index (χ4n) is 2.22. The summed E-state index contributed by atoms with van der Waals surface area (Å²) in [5, 5.41) is 13.3. The van der Waals surface area contributed by atoms with Crippen LogP contribution in [-0.2, 0) is 4.79 Å². The van der Waals surface area contributed by atoms with E-state index in [1.165, 1.54) is 29.2 Å². The number of likely N-dealkylation sites (N-methyl/N-ethyl adjacent to an activating group) is 1. The maximum absolute atomic E-state index is 12.3. The average Bonchev–Trinajstić information content (AvgIpc) is 2.58. The summed E-state index contributed by atoms with van der Waals surface area (Å²) in [5.74, 6) is -0.443. The highest BCUT2D eigenvalue weighted by atomic mass is 35.5. The van der Waals surface area contributed by atoms with Crippen LogP contribution in [-0.4, -0.2) is 47.3 Å². The summed E-state index contributed by atoms with van der Waals surface area (Å²) in [6, 6.07) is 4.64. The molecule has 2 unspecified atom stereocenters. The van der Waals surface area contributed by atoms with Gasteiger partial charge in [-0.3, -0.25) is 19.7 Å². The fourth-order valence-corrected chi connectivity index (χ4v) is 2.22. The van der Waals surface area contributed by atoms with Gasteiger partial charge in [0.2, 0.25) is 5.91 Å². The largest absolute Gasteiger partial charge is 0.344 e. The Bertz CT molecular complexity index is 639. The highest BCUT2D eigenvalue weighted by Crippen LogP contribution is 2.13. The Morgan fingerprint density at radius 1 is 1.31 bits per heavy atom. The minimum atomic E-state index is -0.743. The number of nitrogens with zero attached hydrogens (tertiary/aromatic N) is 2. The van der Waals surface area contributed by atoms with Crippen molar-refractivity contribution in [2.75, 3.05) is 13.6 Å². The van der Waals surface area contributed by atoms with Gasteiger partial charge in [-0.25, -0.2) is 0 Å². The molecular formula is C17H27ClN4O4. The van der Waals surface area contributed by atoms with E-state index in [-0.39, 0.29) is 35.6 Å². The van der Waals surface area contributed by atoms with Crippen LogP contribution in [0.5, 0.6) is 0 Å². The lowest BCUT2D eigenvalue weighted by molar-refractivity contribution is -0.384. The van der Waals surface area contributed by atoms with Crippen LogP contribution >= 0.6 is 12.4 Å². The zero-order valence-electron chi connectivity index (χ0n) is 15.5. The van der Waals surface area contributed by atoms with E-state index in [4.69, 9.17) is 5.73 Å². The van der Waals surface area contributed by atoms with Gasteiger partial charge in [0, 0.05) is 37.3 Å². The van der Waals surface area contributed by atoms with Gasteiger partial charge in [0.15, 0.2) is 0 Å². The minimum Gasteiger partial charge on any atom is -0.344 e. The summed E-state index contributed by atoms with van der Waals surface area (Å²) in [6.45, 7) is 6.12. The molecule has 146 valence electrons. The Kier molecular flexibility index (Phi) is 9.82. The van der Waals surface area contributed by atoms with Crippen LogP contribution in [0.3, 0.4) is 0 Å². The highest BCUT2D eigenvalue weighted by Gasteiger charge is 2.21. The van der Waals surface area contributed by atoms with Gasteiger partial charge in [-0.2, -0.15) is 0 Å². The SMILES string of the molecule is CC(NC(=O)c1cccc([N+](=O)[O-])c1)C(=O)N(C)CCC(N)C(C)C.Cl. The zero-order valence-corrected chi connectivity index (χ0v) is 16.3. The molecule has 9 heteroatoms. The molecule has 8 nitrogen and oxygen atoms in total. The van der Waals surface area contributed by atoms with Crippen LogP contribution in [0, 0.1) is 16.0 Å². The number of nitro benzene ring substituents is 1. The molecule has 2 atom stereocenters. The number of benzene rings is 1. The Morgan fingerprint density at radius 2 is 1.92 bits per heavy atom. The first-order chi connectivity index (χ1) is 11.6. The predicted molar refractivity (Wildman–Crippen MR) is 102 cm³/mol. The first kappa shape index (κ1) is 23.8. The fraction of sp³-hybridized carbons (Fsp3) is 0.529. The quantitative estimate of drug-likeness (QED) is 0.523. The number of nitro groups is 1. The number of carbonyl (C=O) groups excluding carboxylic acids is 2. The summed E-state index contributed by atoms with van der Waals surface area (Å²) in [4.78, 5) is 36.2. The van der Waals surface area contributed by atoms with Crippen molar-refractivity contribution in [1.82, 2.24) is 10.2 Å². The van der Waals surface area contributed by atoms with Crippen molar-refractivity contribution in [3.63, 3.8) is 0 Å². The summed E-state index contributed by atoms with van der Waals surface area (Å²) < 4.78 is 0. The number of hydrogen-bond acceptors (Lipinski definition) is 5. The van der Waals surface area contributed by atoms with E-state index < -0.39 is 16.9 Å². The second-order valence-electron chi connectivity index (χ2n) is 6.46. The molecule has 0 aliphatic rings. The Morgan fingerprint density at radius 3 is 2.46 bits per heavy atom. The molecule has 0 saturated carbocycles. The highest BCUT2D eigenvalue weighted by molar-refractivity contribution is 5.97. The van der Waals surface area contributed by atoms with Crippen molar-refractivity contribution in [3.05, 3.63) is 39.9 Å². The van der Waals surface area contributed by atoms with Gasteiger partial charge in [-0.1, -0.05) is 19.9 Å². The lowest BCUT2D eigenvalue weighted by Gasteiger charge is -2.24. The predicted octanol–water partition coefficient (Wildman–Crippen LogP) is 1.97. The van der Waals surface area contributed by atoms with Gasteiger partial charge in [0.25, 0.3) is 11.6 Å². The van der Waals surface area contributed by atoms with E-state index >= 15 is 0 Å². The van der Waals surface area contributed by atoms with Gasteiger partial charge < -0.3 is 16.0 Å². The molecule has 0 spiro atoms. The van der Waals surface area contributed by atoms with E-state index in [1.54, 1.807) is 14.0 Å². The number of nitrogens with one attached hydrogen (secondary N) is 1. The van der Waals surface area contributed by atoms with Gasteiger partial charge in [-0.05, 0) is 25.3 Å². The molecule has 0 aliphatic carbocycles. The van der Waals surface area contributed by atoms with Crippen molar-refractivity contribution in [2.24, 2.45) is 11.7 Å². The second-order valence-corrected chi connectivity index (χ2v) is 6.46. The number of halogens is 1. The van der Waals surface area contributed by atoms with Crippen LogP contribution < -0.4 is 11.1 Å². The van der Waals surface area contributed by atoms with E-state index in [9.17, 15) is 19.7 Å². The Labute approximate surface area is 159 Å². The van der Waals surface area contributed by atoms with Crippen molar-refractivity contribution >= 4 is 29.9 Å². The molecule has 26 heavy (non-hydrogen) atoms. The molecule has 0 radical (unpaired) electrons. The van der Waals surface area contributed by atoms with Gasteiger partial charge in [-0.15, -0.1) is 12.4 Å². The summed E-state index contributed by atoms with van der Waals surface area (Å²) in [7, 11) is 1.66. The van der Waals surface area contributed by atoms with Crippen molar-refractivity contribution in [1.29, 1.82) is 0 Å². The third-order valence-corrected chi connectivity index (χ3v) is 4.07. The van der Waals surface area contributed by atoms with Crippen LogP contribution in [0.15, 0.2) is 24.3 Å². The van der Waals surface area contributed by atoms with E-state index in [1.807, 2.05) is 13.8 Å². The summed E-state index contributed by atoms with van der Waals surface area (Å²) in [6.07, 6.45) is 0.672. The lowest BCUT2D eigenvalue weighted by Crippen LogP contribution is -2.46. The van der Waals surface area contributed by atoms with Crippen molar-refractivity contribution in [3.8, 4) is 0 Å². The van der Waals surface area contributed by atoms with Crippen LogP contribution in [0.4, 0.5) is 5.69 Å². The monoisotopic (exact) mass is 386 g/mol. The number of carbonyl (C=O) groups is 2. The molecule has 2 amide bonds. The molecule has 1 rings (SSSR count). The average molecular weight is 387 g/mol. The number of amides is 2. The molecule has 1 aromatic rings.